The summed E-state index contributed by atoms with van der Waals surface area (Å²) in [5.41, 5.74) is 0.991. The molecule has 1 fully saturated rings. The summed E-state index contributed by atoms with van der Waals surface area (Å²) in [7, 11) is 1.53. The normalized spacial score (nSPS) is 15.2. The highest BCUT2D eigenvalue weighted by Gasteiger charge is 2.37. The maximum atomic E-state index is 12.7. The third kappa shape index (κ3) is 6.97. The fourth-order valence-electron chi connectivity index (χ4n) is 2.93. The van der Waals surface area contributed by atoms with Crippen LogP contribution in [0, 0.1) is 3.57 Å². The second-order valence-corrected chi connectivity index (χ2v) is 10.4. The van der Waals surface area contributed by atoms with Crippen LogP contribution in [0.5, 0.6) is 11.5 Å². The molecular formula is C24H24INO6S. The van der Waals surface area contributed by atoms with Gasteiger partial charge in [-0.15, -0.1) is 0 Å². The van der Waals surface area contributed by atoms with E-state index in [0.717, 1.165) is 25.8 Å². The van der Waals surface area contributed by atoms with Gasteiger partial charge >= 0.3 is 5.97 Å². The van der Waals surface area contributed by atoms with Gasteiger partial charge in [-0.2, -0.15) is 0 Å². The van der Waals surface area contributed by atoms with Crippen LogP contribution >= 0.6 is 34.4 Å². The number of esters is 1. The van der Waals surface area contributed by atoms with Crippen LogP contribution < -0.4 is 9.47 Å². The Labute approximate surface area is 210 Å². The molecule has 1 saturated heterocycles. The molecule has 0 aromatic heterocycles. The van der Waals surface area contributed by atoms with Gasteiger partial charge in [-0.25, -0.2) is 0 Å². The number of halogens is 1. The van der Waals surface area contributed by atoms with Gasteiger partial charge in [0.25, 0.3) is 11.1 Å². The van der Waals surface area contributed by atoms with E-state index in [9.17, 15) is 14.4 Å². The summed E-state index contributed by atoms with van der Waals surface area (Å²) in [6.45, 7) is 5.13. The first-order valence-corrected chi connectivity index (χ1v) is 12.0. The van der Waals surface area contributed by atoms with Crippen molar-refractivity contribution in [2.24, 2.45) is 0 Å². The first kappa shape index (κ1) is 25.1. The number of carbonyl (C=O) groups is 3. The second kappa shape index (κ2) is 10.6. The van der Waals surface area contributed by atoms with Crippen molar-refractivity contribution in [1.82, 2.24) is 4.90 Å². The number of methoxy groups -OCH3 is 1. The largest absolute Gasteiger partial charge is 0.493 e. The first-order chi connectivity index (χ1) is 15.6. The molecule has 174 valence electrons. The Balaban J connectivity index is 1.70. The zero-order valence-electron chi connectivity index (χ0n) is 18.7. The summed E-state index contributed by atoms with van der Waals surface area (Å²) in [6, 6.07) is 13.3. The molecule has 2 aromatic carbocycles. The van der Waals surface area contributed by atoms with E-state index in [1.54, 1.807) is 45.0 Å². The molecule has 2 amide bonds. The van der Waals surface area contributed by atoms with Crippen molar-refractivity contribution in [3.8, 4) is 11.5 Å². The Bertz CT molecular complexity index is 1090. The van der Waals surface area contributed by atoms with Crippen LogP contribution in [0.2, 0.25) is 0 Å². The quantitative estimate of drug-likeness (QED) is 0.251. The number of carbonyl (C=O) groups excluding carboxylic acids is 3. The highest BCUT2D eigenvalue weighted by Crippen LogP contribution is 2.35. The molecule has 9 heteroatoms. The van der Waals surface area contributed by atoms with Gasteiger partial charge in [0.05, 0.1) is 12.0 Å². The molecule has 0 radical (unpaired) electrons. The van der Waals surface area contributed by atoms with Crippen LogP contribution in [0.15, 0.2) is 47.4 Å². The van der Waals surface area contributed by atoms with Crippen molar-refractivity contribution >= 4 is 57.5 Å². The number of thioether (sulfide) groups is 1. The molecule has 1 aliphatic heterocycles. The van der Waals surface area contributed by atoms with E-state index < -0.39 is 29.3 Å². The molecule has 1 heterocycles. The van der Waals surface area contributed by atoms with Crippen LogP contribution in [0.25, 0.3) is 6.08 Å². The number of nitrogens with zero attached hydrogens (tertiary/aromatic N) is 1. The number of hydrogen-bond donors (Lipinski definition) is 0. The molecule has 0 atom stereocenters. The minimum Gasteiger partial charge on any atom is -0.493 e. The lowest BCUT2D eigenvalue weighted by atomic mass is 10.1. The van der Waals surface area contributed by atoms with Crippen molar-refractivity contribution in [2.45, 2.75) is 33.0 Å². The SMILES string of the molecule is COc1cc(C=C2SC(=O)N(CC(=O)OC(C)(C)C)C2=O)ccc1OCc1ccc(I)cc1. The zero-order chi connectivity index (χ0) is 24.2. The second-order valence-electron chi connectivity index (χ2n) is 8.18. The van der Waals surface area contributed by atoms with Crippen molar-refractivity contribution in [1.29, 1.82) is 0 Å². The Morgan fingerprint density at radius 2 is 1.79 bits per heavy atom. The van der Waals surface area contributed by atoms with Crippen molar-refractivity contribution in [2.75, 3.05) is 13.7 Å². The van der Waals surface area contributed by atoms with Gasteiger partial charge in [0.15, 0.2) is 11.5 Å². The highest BCUT2D eigenvalue weighted by atomic mass is 127. The molecular weight excluding hydrogens is 557 g/mol. The van der Waals surface area contributed by atoms with Gasteiger partial charge in [0.1, 0.15) is 18.8 Å². The van der Waals surface area contributed by atoms with Crippen LogP contribution in [0.1, 0.15) is 31.9 Å². The number of imide groups is 1. The van der Waals surface area contributed by atoms with Crippen molar-refractivity contribution in [3.05, 3.63) is 62.1 Å². The van der Waals surface area contributed by atoms with E-state index in [1.165, 1.54) is 7.11 Å². The average Bonchev–Trinajstić information content (AvgIpc) is 2.99. The Morgan fingerprint density at radius 3 is 2.42 bits per heavy atom. The fourth-order valence-corrected chi connectivity index (χ4v) is 4.12. The minimum atomic E-state index is -0.700. The Hall–Kier alpha value is -2.53. The number of hydrogen-bond acceptors (Lipinski definition) is 7. The maximum absolute atomic E-state index is 12.7. The summed E-state index contributed by atoms with van der Waals surface area (Å²) >= 11 is 3.03. The van der Waals surface area contributed by atoms with Gasteiger partial charge in [0.2, 0.25) is 0 Å². The molecule has 2 aromatic rings. The number of benzene rings is 2. The molecule has 0 aliphatic carbocycles. The van der Waals surface area contributed by atoms with Crippen LogP contribution in [0.4, 0.5) is 4.79 Å². The molecule has 0 spiro atoms. The van der Waals surface area contributed by atoms with E-state index in [-0.39, 0.29) is 4.91 Å². The van der Waals surface area contributed by atoms with E-state index in [1.807, 2.05) is 24.3 Å². The molecule has 7 nitrogen and oxygen atoms in total. The smallest absolute Gasteiger partial charge is 0.326 e. The van der Waals surface area contributed by atoms with E-state index in [0.29, 0.717) is 23.7 Å². The van der Waals surface area contributed by atoms with E-state index in [2.05, 4.69) is 22.6 Å². The monoisotopic (exact) mass is 581 g/mol. The van der Waals surface area contributed by atoms with Gasteiger partial charge in [-0.1, -0.05) is 18.2 Å². The van der Waals surface area contributed by atoms with E-state index in [4.69, 9.17) is 14.2 Å². The highest BCUT2D eigenvalue weighted by molar-refractivity contribution is 14.1. The molecule has 33 heavy (non-hydrogen) atoms. The van der Waals surface area contributed by atoms with Gasteiger partial charge in [-0.05, 0) is 96.6 Å². The summed E-state index contributed by atoms with van der Waals surface area (Å²) in [5, 5.41) is -0.512. The lowest BCUT2D eigenvalue weighted by molar-refractivity contribution is -0.156. The number of amides is 2. The molecule has 0 unspecified atom stereocenters. The molecule has 0 bridgehead atoms. The summed E-state index contributed by atoms with van der Waals surface area (Å²) in [5.74, 6) is -0.107. The third-order valence-corrected chi connectivity index (χ3v) is 6.00. The first-order valence-electron chi connectivity index (χ1n) is 10.1. The number of rotatable bonds is 7. The van der Waals surface area contributed by atoms with Crippen molar-refractivity contribution < 1.29 is 28.6 Å². The van der Waals surface area contributed by atoms with Crippen LogP contribution in [0.3, 0.4) is 0 Å². The zero-order valence-corrected chi connectivity index (χ0v) is 21.7. The third-order valence-electron chi connectivity index (χ3n) is 4.37. The van der Waals surface area contributed by atoms with E-state index >= 15 is 0 Å². The summed E-state index contributed by atoms with van der Waals surface area (Å²) in [4.78, 5) is 38.1. The lowest BCUT2D eigenvalue weighted by Gasteiger charge is -2.21. The summed E-state index contributed by atoms with van der Waals surface area (Å²) in [6.07, 6.45) is 1.59. The minimum absolute atomic E-state index is 0.221. The molecule has 1 aliphatic rings. The van der Waals surface area contributed by atoms with Crippen molar-refractivity contribution in [3.63, 3.8) is 0 Å². The molecule has 0 saturated carbocycles. The average molecular weight is 581 g/mol. The molecule has 3 rings (SSSR count). The van der Waals surface area contributed by atoms with Gasteiger partial charge in [-0.3, -0.25) is 19.3 Å². The van der Waals surface area contributed by atoms with Gasteiger partial charge < -0.3 is 14.2 Å². The topological polar surface area (TPSA) is 82.1 Å². The predicted octanol–water partition coefficient (Wildman–Crippen LogP) is 5.26. The van der Waals surface area contributed by atoms with Crippen LogP contribution in [-0.4, -0.2) is 41.3 Å². The van der Waals surface area contributed by atoms with Crippen LogP contribution in [-0.2, 0) is 20.9 Å². The standard InChI is InChI=1S/C24H24INO6S/c1-24(2,3)32-21(27)13-26-22(28)20(33-23(26)29)12-16-7-10-18(19(11-16)30-4)31-14-15-5-8-17(25)9-6-15/h5-12H,13-14H2,1-4H3. The van der Waals surface area contributed by atoms with Gasteiger partial charge in [0, 0.05) is 3.57 Å². The molecule has 0 N–H and O–H groups in total. The summed E-state index contributed by atoms with van der Waals surface area (Å²) < 4.78 is 17.7. The number of ether oxygens (including phenoxy) is 3. The maximum Gasteiger partial charge on any atom is 0.326 e. The predicted molar refractivity (Wildman–Crippen MR) is 135 cm³/mol. The lowest BCUT2D eigenvalue weighted by Crippen LogP contribution is -2.37. The Kier molecular flexibility index (Phi) is 8.06. The Morgan fingerprint density at radius 1 is 1.09 bits per heavy atom. The fraction of sp³-hybridized carbons (Fsp3) is 0.292.